The van der Waals surface area contributed by atoms with E-state index >= 15 is 0 Å². The Labute approximate surface area is 116 Å². The van der Waals surface area contributed by atoms with Gasteiger partial charge in [-0.3, -0.25) is 0 Å². The van der Waals surface area contributed by atoms with Crippen molar-refractivity contribution in [1.82, 2.24) is 10.2 Å². The van der Waals surface area contributed by atoms with Gasteiger partial charge >= 0.3 is 5.97 Å². The predicted molar refractivity (Wildman–Crippen MR) is 73.6 cm³/mol. The molecule has 0 radical (unpaired) electrons. The summed E-state index contributed by atoms with van der Waals surface area (Å²) in [6, 6.07) is 4.61. The summed E-state index contributed by atoms with van der Waals surface area (Å²) in [5.74, 6) is -0.973. The number of thioether (sulfide) groups is 1. The number of nitrogen functional groups attached to an aromatic ring is 1. The van der Waals surface area contributed by atoms with E-state index in [4.69, 9.17) is 10.8 Å². The van der Waals surface area contributed by atoms with E-state index in [0.717, 1.165) is 8.68 Å². The van der Waals surface area contributed by atoms with Crippen LogP contribution in [0.2, 0.25) is 0 Å². The van der Waals surface area contributed by atoms with Gasteiger partial charge in [-0.1, -0.05) is 34.9 Å². The molecule has 0 aliphatic carbocycles. The molecule has 0 fully saturated rings. The van der Waals surface area contributed by atoms with Crippen molar-refractivity contribution in [2.24, 2.45) is 0 Å². The Balaban J connectivity index is 2.27. The van der Waals surface area contributed by atoms with E-state index in [9.17, 15) is 4.79 Å². The molecule has 3 N–H and O–H groups in total. The van der Waals surface area contributed by atoms with E-state index in [-0.39, 0.29) is 5.56 Å². The van der Waals surface area contributed by atoms with Gasteiger partial charge in [0.25, 0.3) is 0 Å². The highest BCUT2D eigenvalue weighted by Gasteiger charge is 2.11. The molecule has 0 saturated heterocycles. The number of nitrogens with two attached hydrogens (primary N) is 1. The van der Waals surface area contributed by atoms with E-state index in [2.05, 4.69) is 10.2 Å². The van der Waals surface area contributed by atoms with E-state index in [1.165, 1.54) is 40.9 Å². The number of nitrogens with zero attached hydrogens (tertiary/aromatic N) is 2. The number of hydrogen-bond donors (Lipinski definition) is 2. The molecular formula is C10H9N3O2S3. The van der Waals surface area contributed by atoms with Gasteiger partial charge in [0, 0.05) is 10.6 Å². The zero-order valence-electron chi connectivity index (χ0n) is 9.28. The molecule has 5 nitrogen and oxygen atoms in total. The first-order chi connectivity index (χ1) is 8.60. The Morgan fingerprint density at radius 2 is 2.11 bits per heavy atom. The molecular weight excluding hydrogens is 290 g/mol. The minimum absolute atomic E-state index is 0.210. The predicted octanol–water partition coefficient (Wildman–Crippen LogP) is 2.69. The number of rotatable bonds is 4. The summed E-state index contributed by atoms with van der Waals surface area (Å²) < 4.78 is 1.61. The molecule has 0 bridgehead atoms. The second-order valence-electron chi connectivity index (χ2n) is 3.20. The Morgan fingerprint density at radius 3 is 2.72 bits per heavy atom. The van der Waals surface area contributed by atoms with Gasteiger partial charge in [-0.25, -0.2) is 4.79 Å². The maximum Gasteiger partial charge on any atom is 0.335 e. The smallest absolute Gasteiger partial charge is 0.335 e. The third kappa shape index (κ3) is 2.95. The molecule has 94 valence electrons. The van der Waals surface area contributed by atoms with Crippen LogP contribution in [0, 0.1) is 0 Å². The van der Waals surface area contributed by atoms with Gasteiger partial charge in [0.15, 0.2) is 8.68 Å². The van der Waals surface area contributed by atoms with Crippen molar-refractivity contribution in [3.63, 3.8) is 0 Å². The normalized spacial score (nSPS) is 10.5. The lowest BCUT2D eigenvalue weighted by Crippen LogP contribution is -1.98. The van der Waals surface area contributed by atoms with Crippen LogP contribution in [0.3, 0.4) is 0 Å². The molecule has 0 aliphatic rings. The van der Waals surface area contributed by atoms with Crippen LogP contribution in [0.1, 0.15) is 10.4 Å². The number of carboxylic acid groups (broad SMARTS) is 1. The van der Waals surface area contributed by atoms with Gasteiger partial charge < -0.3 is 10.8 Å². The number of anilines is 1. The molecule has 0 spiro atoms. The highest BCUT2D eigenvalue weighted by molar-refractivity contribution is 8.03. The Kier molecular flexibility index (Phi) is 4.10. The summed E-state index contributed by atoms with van der Waals surface area (Å²) in [4.78, 5) is 11.6. The summed E-state index contributed by atoms with van der Waals surface area (Å²) in [5, 5.41) is 16.9. The SMILES string of the molecule is CSc1nnc(Sc2cc(C(=O)O)ccc2N)s1. The summed E-state index contributed by atoms with van der Waals surface area (Å²) in [6.45, 7) is 0. The minimum Gasteiger partial charge on any atom is -0.478 e. The number of carboxylic acids is 1. The maximum absolute atomic E-state index is 10.9. The lowest BCUT2D eigenvalue weighted by atomic mass is 10.2. The van der Waals surface area contributed by atoms with Crippen molar-refractivity contribution < 1.29 is 9.90 Å². The van der Waals surface area contributed by atoms with Crippen molar-refractivity contribution in [2.75, 3.05) is 12.0 Å². The molecule has 0 atom stereocenters. The molecule has 1 aromatic heterocycles. The molecule has 0 saturated carbocycles. The quantitative estimate of drug-likeness (QED) is 0.662. The summed E-state index contributed by atoms with van der Waals surface area (Å²) in [7, 11) is 0. The molecule has 0 unspecified atom stereocenters. The average Bonchev–Trinajstić information content (AvgIpc) is 2.79. The number of aromatic carboxylic acids is 1. The zero-order chi connectivity index (χ0) is 13.1. The molecule has 18 heavy (non-hydrogen) atoms. The highest BCUT2D eigenvalue weighted by Crippen LogP contribution is 2.36. The molecule has 8 heteroatoms. The summed E-state index contributed by atoms with van der Waals surface area (Å²) >= 11 is 4.30. The first-order valence-electron chi connectivity index (χ1n) is 4.78. The average molecular weight is 299 g/mol. The van der Waals surface area contributed by atoms with Gasteiger partial charge in [0.2, 0.25) is 0 Å². The van der Waals surface area contributed by atoms with Crippen LogP contribution in [0.15, 0.2) is 31.8 Å². The number of hydrogen-bond acceptors (Lipinski definition) is 7. The van der Waals surface area contributed by atoms with Crippen LogP contribution in [0.25, 0.3) is 0 Å². The number of aromatic nitrogens is 2. The molecule has 2 aromatic rings. The fourth-order valence-electron chi connectivity index (χ4n) is 1.17. The van der Waals surface area contributed by atoms with Crippen LogP contribution in [-0.2, 0) is 0 Å². The molecule has 0 aliphatic heterocycles. The Hall–Kier alpha value is -1.25. The molecule has 2 rings (SSSR count). The van der Waals surface area contributed by atoms with E-state index in [0.29, 0.717) is 10.6 Å². The van der Waals surface area contributed by atoms with Crippen LogP contribution >= 0.6 is 34.9 Å². The minimum atomic E-state index is -0.973. The lowest BCUT2D eigenvalue weighted by molar-refractivity contribution is 0.0696. The van der Waals surface area contributed by atoms with Crippen LogP contribution in [0.4, 0.5) is 5.69 Å². The number of benzene rings is 1. The standard InChI is InChI=1S/C10H9N3O2S3/c1-16-9-12-13-10(18-9)17-7-4-5(8(14)15)2-3-6(7)11/h2-4H,11H2,1H3,(H,14,15). The van der Waals surface area contributed by atoms with E-state index in [1.807, 2.05) is 6.26 Å². The van der Waals surface area contributed by atoms with Gasteiger partial charge in [0.1, 0.15) is 0 Å². The highest BCUT2D eigenvalue weighted by atomic mass is 32.2. The first-order valence-corrected chi connectivity index (χ1v) is 7.64. The van der Waals surface area contributed by atoms with Gasteiger partial charge in [-0.05, 0) is 24.5 Å². The van der Waals surface area contributed by atoms with Crippen LogP contribution in [0.5, 0.6) is 0 Å². The summed E-state index contributed by atoms with van der Waals surface area (Å²) in [6.07, 6.45) is 1.92. The van der Waals surface area contributed by atoms with Crippen molar-refractivity contribution in [1.29, 1.82) is 0 Å². The van der Waals surface area contributed by atoms with Crippen molar-refractivity contribution >= 4 is 46.5 Å². The fraction of sp³-hybridized carbons (Fsp3) is 0.100. The monoisotopic (exact) mass is 299 g/mol. The van der Waals surface area contributed by atoms with Gasteiger partial charge in [-0.2, -0.15) is 0 Å². The third-order valence-corrected chi connectivity index (χ3v) is 5.04. The second kappa shape index (κ2) is 5.59. The van der Waals surface area contributed by atoms with Crippen molar-refractivity contribution in [3.8, 4) is 0 Å². The molecule has 1 heterocycles. The van der Waals surface area contributed by atoms with Crippen molar-refractivity contribution in [3.05, 3.63) is 23.8 Å². The molecule has 0 amide bonds. The van der Waals surface area contributed by atoms with Gasteiger partial charge in [0.05, 0.1) is 5.56 Å². The maximum atomic E-state index is 10.9. The van der Waals surface area contributed by atoms with Gasteiger partial charge in [-0.15, -0.1) is 10.2 Å². The largest absolute Gasteiger partial charge is 0.478 e. The lowest BCUT2D eigenvalue weighted by Gasteiger charge is -2.03. The summed E-state index contributed by atoms with van der Waals surface area (Å²) in [5.41, 5.74) is 6.56. The first kappa shape index (κ1) is 13.2. The second-order valence-corrected chi connectivity index (χ2v) is 6.52. The Morgan fingerprint density at radius 1 is 1.39 bits per heavy atom. The van der Waals surface area contributed by atoms with Crippen molar-refractivity contribution in [2.45, 2.75) is 13.6 Å². The third-order valence-electron chi connectivity index (χ3n) is 2.02. The van der Waals surface area contributed by atoms with Crippen LogP contribution < -0.4 is 5.73 Å². The topological polar surface area (TPSA) is 89.1 Å². The van der Waals surface area contributed by atoms with Crippen LogP contribution in [-0.4, -0.2) is 27.5 Å². The molecule has 1 aromatic carbocycles. The number of carbonyl (C=O) groups is 1. The van der Waals surface area contributed by atoms with E-state index in [1.54, 1.807) is 12.1 Å². The van der Waals surface area contributed by atoms with E-state index < -0.39 is 5.97 Å². The Bertz CT molecular complexity index is 585. The fourth-order valence-corrected chi connectivity index (χ4v) is 3.65. The zero-order valence-corrected chi connectivity index (χ0v) is 11.7.